The fourth-order valence-electron chi connectivity index (χ4n) is 4.53. The van der Waals surface area contributed by atoms with Crippen LogP contribution in [0.5, 0.6) is 0 Å². The molecule has 1 atom stereocenters. The van der Waals surface area contributed by atoms with Crippen molar-refractivity contribution in [3.8, 4) is 11.5 Å². The summed E-state index contributed by atoms with van der Waals surface area (Å²) < 4.78 is 7.12. The lowest BCUT2D eigenvalue weighted by Gasteiger charge is -2.29. The molecule has 0 unspecified atom stereocenters. The first-order chi connectivity index (χ1) is 16.5. The Morgan fingerprint density at radius 3 is 2.94 bits per heavy atom. The summed E-state index contributed by atoms with van der Waals surface area (Å²) in [7, 11) is 1.58. The van der Waals surface area contributed by atoms with E-state index >= 15 is 0 Å². The van der Waals surface area contributed by atoms with Crippen molar-refractivity contribution in [2.45, 2.75) is 45.2 Å². The van der Waals surface area contributed by atoms with Crippen LogP contribution in [0.3, 0.4) is 0 Å². The fraction of sp³-hybridized carbons (Fsp3) is 0.417. The molecule has 176 valence electrons. The van der Waals surface area contributed by atoms with E-state index in [-0.39, 0.29) is 17.5 Å². The van der Waals surface area contributed by atoms with E-state index in [4.69, 9.17) is 4.74 Å². The van der Waals surface area contributed by atoms with Crippen LogP contribution >= 0.6 is 0 Å². The van der Waals surface area contributed by atoms with Gasteiger partial charge in [0.15, 0.2) is 5.82 Å². The molecular formula is C24H27N7O3. The van der Waals surface area contributed by atoms with Crippen LogP contribution in [0.2, 0.25) is 0 Å². The third-order valence-electron chi connectivity index (χ3n) is 6.41. The predicted octanol–water partition coefficient (Wildman–Crippen LogP) is 2.42. The number of carbonyl (C=O) groups is 2. The third-order valence-corrected chi connectivity index (χ3v) is 6.41. The van der Waals surface area contributed by atoms with Gasteiger partial charge in [-0.05, 0) is 49.1 Å². The molecule has 3 aromatic rings. The maximum absolute atomic E-state index is 12.9. The Hall–Kier alpha value is -3.66. The topological polar surface area (TPSA) is 115 Å². The number of carbonyl (C=O) groups excluding carboxylic acids is 2. The molecule has 2 amide bonds. The Morgan fingerprint density at radius 1 is 1.21 bits per heavy atom. The van der Waals surface area contributed by atoms with Crippen LogP contribution in [0.15, 0.2) is 30.5 Å². The number of methoxy groups -OCH3 is 1. The van der Waals surface area contributed by atoms with Crippen LogP contribution in [-0.2, 0) is 28.9 Å². The highest BCUT2D eigenvalue weighted by atomic mass is 16.5. The number of pyridine rings is 2. The van der Waals surface area contributed by atoms with E-state index in [2.05, 4.69) is 37.0 Å². The van der Waals surface area contributed by atoms with E-state index in [9.17, 15) is 9.59 Å². The summed E-state index contributed by atoms with van der Waals surface area (Å²) in [5.74, 6) is 1.79. The number of aryl methyl sites for hydroxylation is 1. The van der Waals surface area contributed by atoms with Gasteiger partial charge in [-0.15, -0.1) is 10.2 Å². The molecule has 2 aliphatic heterocycles. The van der Waals surface area contributed by atoms with Gasteiger partial charge in [0.05, 0.1) is 13.0 Å². The van der Waals surface area contributed by atoms with Crippen molar-refractivity contribution in [1.82, 2.24) is 29.6 Å². The molecule has 5 heterocycles. The van der Waals surface area contributed by atoms with Crippen LogP contribution in [0.1, 0.15) is 53.2 Å². The van der Waals surface area contributed by atoms with Crippen molar-refractivity contribution in [3.63, 3.8) is 0 Å². The zero-order chi connectivity index (χ0) is 23.7. The number of ether oxygens (including phenoxy) is 1. The van der Waals surface area contributed by atoms with Gasteiger partial charge in [0.1, 0.15) is 23.0 Å². The first-order valence-corrected chi connectivity index (χ1v) is 11.5. The minimum absolute atomic E-state index is 0.0469. The van der Waals surface area contributed by atoms with Gasteiger partial charge in [-0.3, -0.25) is 14.6 Å². The molecule has 1 N–H and O–H groups in total. The summed E-state index contributed by atoms with van der Waals surface area (Å²) in [5.41, 5.74) is 2.94. The highest BCUT2D eigenvalue weighted by Gasteiger charge is 2.25. The maximum atomic E-state index is 12.9. The molecule has 3 aromatic heterocycles. The highest BCUT2D eigenvalue weighted by molar-refractivity contribution is 6.02. The van der Waals surface area contributed by atoms with Gasteiger partial charge in [-0.1, -0.05) is 6.07 Å². The van der Waals surface area contributed by atoms with Crippen LogP contribution < -0.4 is 5.32 Å². The SMILES string of the molecule is COCCC(=O)N1CCc2cnc(C(=O)Nc3cccc(-c4nnc5n4[C@@H](C)CC5)n3)cc2C1. The summed E-state index contributed by atoms with van der Waals surface area (Å²) >= 11 is 0. The van der Waals surface area contributed by atoms with Crippen molar-refractivity contribution in [3.05, 3.63) is 53.1 Å². The molecule has 0 saturated carbocycles. The Labute approximate surface area is 197 Å². The van der Waals surface area contributed by atoms with E-state index < -0.39 is 0 Å². The smallest absolute Gasteiger partial charge is 0.275 e. The molecule has 10 nitrogen and oxygen atoms in total. The number of rotatable bonds is 6. The first kappa shape index (κ1) is 22.1. The van der Waals surface area contributed by atoms with Crippen LogP contribution in [0.4, 0.5) is 5.82 Å². The molecule has 0 aliphatic carbocycles. The van der Waals surface area contributed by atoms with Gasteiger partial charge < -0.3 is 19.5 Å². The summed E-state index contributed by atoms with van der Waals surface area (Å²) in [6, 6.07) is 7.52. The fourth-order valence-corrected chi connectivity index (χ4v) is 4.53. The monoisotopic (exact) mass is 461 g/mol. The molecule has 0 radical (unpaired) electrons. The summed E-state index contributed by atoms with van der Waals surface area (Å²) in [4.78, 5) is 36.1. The maximum Gasteiger partial charge on any atom is 0.275 e. The quantitative estimate of drug-likeness (QED) is 0.599. The molecule has 0 bridgehead atoms. The number of nitrogens with zero attached hydrogens (tertiary/aromatic N) is 6. The number of amides is 2. The van der Waals surface area contributed by atoms with Crippen molar-refractivity contribution in [1.29, 1.82) is 0 Å². The number of aromatic nitrogens is 5. The van der Waals surface area contributed by atoms with Gasteiger partial charge >= 0.3 is 0 Å². The standard InChI is InChI=1S/C24H27N7O3/c1-15-6-7-21-28-29-23(31(15)21)18-4-3-5-20(26-18)27-24(33)19-12-17-14-30(22(32)9-11-34-2)10-8-16(17)13-25-19/h3-5,12-13,15H,6-11,14H2,1-2H3,(H,26,27,33)/t15-/m0/s1. The summed E-state index contributed by atoms with van der Waals surface area (Å²) in [6.45, 7) is 3.65. The van der Waals surface area contributed by atoms with Crippen molar-refractivity contribution in [2.24, 2.45) is 0 Å². The van der Waals surface area contributed by atoms with Crippen molar-refractivity contribution >= 4 is 17.6 Å². The van der Waals surface area contributed by atoms with E-state index in [1.54, 1.807) is 30.3 Å². The van der Waals surface area contributed by atoms with Crippen molar-refractivity contribution < 1.29 is 14.3 Å². The van der Waals surface area contributed by atoms with Crippen LogP contribution in [0.25, 0.3) is 11.5 Å². The average molecular weight is 462 g/mol. The molecule has 0 fully saturated rings. The Bertz CT molecular complexity index is 1240. The summed E-state index contributed by atoms with van der Waals surface area (Å²) in [5, 5.41) is 11.4. The minimum atomic E-state index is -0.352. The van der Waals surface area contributed by atoms with Gasteiger partial charge in [0.25, 0.3) is 5.91 Å². The normalized spacial score (nSPS) is 16.8. The van der Waals surface area contributed by atoms with Crippen LogP contribution in [0, 0.1) is 0 Å². The zero-order valence-corrected chi connectivity index (χ0v) is 19.3. The molecule has 0 aromatic carbocycles. The van der Waals surface area contributed by atoms with E-state index in [1.165, 1.54) is 0 Å². The predicted molar refractivity (Wildman–Crippen MR) is 124 cm³/mol. The number of nitrogens with one attached hydrogen (secondary N) is 1. The Balaban J connectivity index is 1.31. The molecule has 10 heteroatoms. The third kappa shape index (κ3) is 4.28. The molecule has 2 aliphatic rings. The molecule has 0 spiro atoms. The Kier molecular flexibility index (Phi) is 6.06. The lowest BCUT2D eigenvalue weighted by atomic mass is 10.0. The van der Waals surface area contributed by atoms with E-state index in [0.717, 1.165) is 29.8 Å². The number of anilines is 1. The lowest BCUT2D eigenvalue weighted by molar-refractivity contribution is -0.133. The second-order valence-electron chi connectivity index (χ2n) is 8.71. The van der Waals surface area contributed by atoms with Crippen LogP contribution in [-0.4, -0.2) is 61.7 Å². The molecule has 5 rings (SSSR count). The largest absolute Gasteiger partial charge is 0.384 e. The average Bonchev–Trinajstić information content (AvgIpc) is 3.45. The zero-order valence-electron chi connectivity index (χ0n) is 19.3. The first-order valence-electron chi connectivity index (χ1n) is 11.5. The van der Waals surface area contributed by atoms with Crippen molar-refractivity contribution in [2.75, 3.05) is 25.6 Å². The number of hydrogen-bond acceptors (Lipinski definition) is 7. The second-order valence-corrected chi connectivity index (χ2v) is 8.71. The van der Waals surface area contributed by atoms with E-state index in [1.807, 2.05) is 12.1 Å². The van der Waals surface area contributed by atoms with Gasteiger partial charge in [-0.25, -0.2) is 4.98 Å². The molecular weight excluding hydrogens is 434 g/mol. The van der Waals surface area contributed by atoms with Gasteiger partial charge in [-0.2, -0.15) is 0 Å². The van der Waals surface area contributed by atoms with Gasteiger partial charge in [0.2, 0.25) is 5.91 Å². The molecule has 0 saturated heterocycles. The van der Waals surface area contributed by atoms with E-state index in [0.29, 0.717) is 55.9 Å². The second kappa shape index (κ2) is 9.30. The number of fused-ring (bicyclic) bond motifs is 2. The highest BCUT2D eigenvalue weighted by Crippen LogP contribution is 2.30. The number of hydrogen-bond donors (Lipinski definition) is 1. The van der Waals surface area contributed by atoms with Gasteiger partial charge in [0, 0.05) is 38.9 Å². The minimum Gasteiger partial charge on any atom is -0.384 e. The summed E-state index contributed by atoms with van der Waals surface area (Å²) in [6.07, 6.45) is 4.73. The Morgan fingerprint density at radius 2 is 2.09 bits per heavy atom. The molecule has 34 heavy (non-hydrogen) atoms. The lowest BCUT2D eigenvalue weighted by Crippen LogP contribution is -2.36.